The lowest BCUT2D eigenvalue weighted by molar-refractivity contribution is -0.124. The third kappa shape index (κ3) is 6.31. The van der Waals surface area contributed by atoms with Crippen LogP contribution >= 0.6 is 0 Å². The summed E-state index contributed by atoms with van der Waals surface area (Å²) in [5.74, 6) is 2.61. The fourth-order valence-corrected chi connectivity index (χ4v) is 3.64. The number of rotatable bonds is 8. The van der Waals surface area contributed by atoms with Crippen LogP contribution in [0.2, 0.25) is 0 Å². The number of furan rings is 1. The third-order valence-corrected chi connectivity index (χ3v) is 5.00. The Kier molecular flexibility index (Phi) is 6.90. The van der Waals surface area contributed by atoms with Gasteiger partial charge in [0.1, 0.15) is 5.76 Å². The summed E-state index contributed by atoms with van der Waals surface area (Å²) in [7, 11) is 0. The van der Waals surface area contributed by atoms with Crippen LogP contribution in [-0.4, -0.2) is 18.1 Å². The van der Waals surface area contributed by atoms with Crippen LogP contribution < -0.4 is 5.32 Å². The van der Waals surface area contributed by atoms with Crippen LogP contribution in [0.4, 0.5) is 0 Å². The Hall–Kier alpha value is -1.29. The normalized spacial score (nSPS) is 21.6. The van der Waals surface area contributed by atoms with Crippen molar-refractivity contribution in [1.82, 2.24) is 5.32 Å². The van der Waals surface area contributed by atoms with Gasteiger partial charge in [-0.3, -0.25) is 4.79 Å². The van der Waals surface area contributed by atoms with Crippen molar-refractivity contribution < 1.29 is 13.9 Å². The number of carbonyl (C=O) groups excluding carboxylic acids is 1. The number of amides is 1. The van der Waals surface area contributed by atoms with E-state index in [4.69, 9.17) is 9.15 Å². The summed E-state index contributed by atoms with van der Waals surface area (Å²) in [6, 6.07) is 3.73. The van der Waals surface area contributed by atoms with Crippen molar-refractivity contribution in [2.75, 3.05) is 6.61 Å². The van der Waals surface area contributed by atoms with E-state index >= 15 is 0 Å². The van der Waals surface area contributed by atoms with Gasteiger partial charge in [-0.05, 0) is 63.0 Å². The maximum absolute atomic E-state index is 12.4. The second-order valence-electron chi connectivity index (χ2n) is 8.15. The van der Waals surface area contributed by atoms with Gasteiger partial charge in [-0.25, -0.2) is 0 Å². The molecule has 0 bridgehead atoms. The number of hydrogen-bond donors (Lipinski definition) is 1. The molecule has 0 radical (unpaired) electrons. The zero-order chi connectivity index (χ0) is 17.6. The van der Waals surface area contributed by atoms with Gasteiger partial charge in [0.25, 0.3) is 0 Å². The van der Waals surface area contributed by atoms with Gasteiger partial charge in [0.15, 0.2) is 0 Å². The first-order valence-corrected chi connectivity index (χ1v) is 9.29. The molecule has 1 aliphatic heterocycles. The minimum absolute atomic E-state index is 0.0658. The van der Waals surface area contributed by atoms with Crippen molar-refractivity contribution in [1.29, 1.82) is 0 Å². The quantitative estimate of drug-likeness (QED) is 0.758. The highest BCUT2D eigenvalue weighted by molar-refractivity contribution is 5.76. The van der Waals surface area contributed by atoms with Gasteiger partial charge in [-0.2, -0.15) is 0 Å². The third-order valence-electron chi connectivity index (χ3n) is 5.00. The van der Waals surface area contributed by atoms with E-state index in [2.05, 4.69) is 33.0 Å². The van der Waals surface area contributed by atoms with Crippen LogP contribution in [0.1, 0.15) is 65.6 Å². The standard InChI is InChI=1S/C20H33NO3/c1-15(2)7-8-16(17-9-11-24-20(3,4)13-17)12-19(22)21-14-18-6-5-10-23-18/h5-6,10,15-17H,7-9,11-14H2,1-4H3,(H,21,22). The Labute approximate surface area is 146 Å². The molecule has 2 rings (SSSR count). The van der Waals surface area contributed by atoms with E-state index in [1.165, 1.54) is 6.42 Å². The van der Waals surface area contributed by atoms with Gasteiger partial charge in [0.2, 0.25) is 5.91 Å². The van der Waals surface area contributed by atoms with Crippen molar-refractivity contribution in [3.63, 3.8) is 0 Å². The lowest BCUT2D eigenvalue weighted by Crippen LogP contribution is -2.38. The molecule has 4 heteroatoms. The average molecular weight is 335 g/mol. The highest BCUT2D eigenvalue weighted by Crippen LogP contribution is 2.37. The van der Waals surface area contributed by atoms with E-state index in [9.17, 15) is 4.79 Å². The summed E-state index contributed by atoms with van der Waals surface area (Å²) in [6.45, 7) is 10.1. The Morgan fingerprint density at radius 1 is 1.38 bits per heavy atom. The van der Waals surface area contributed by atoms with E-state index in [0.29, 0.717) is 30.7 Å². The zero-order valence-electron chi connectivity index (χ0n) is 15.6. The van der Waals surface area contributed by atoms with Crippen molar-refractivity contribution in [2.45, 2.75) is 71.9 Å². The number of ether oxygens (including phenoxy) is 1. The molecule has 2 atom stereocenters. The first-order chi connectivity index (χ1) is 11.4. The Morgan fingerprint density at radius 3 is 2.79 bits per heavy atom. The highest BCUT2D eigenvalue weighted by Gasteiger charge is 2.34. The minimum Gasteiger partial charge on any atom is -0.467 e. The monoisotopic (exact) mass is 335 g/mol. The van der Waals surface area contributed by atoms with Crippen LogP contribution in [0.25, 0.3) is 0 Å². The fourth-order valence-electron chi connectivity index (χ4n) is 3.64. The van der Waals surface area contributed by atoms with E-state index < -0.39 is 0 Å². The molecule has 4 nitrogen and oxygen atoms in total. The molecule has 1 aromatic rings. The summed E-state index contributed by atoms with van der Waals surface area (Å²) in [5.41, 5.74) is -0.0658. The second-order valence-corrected chi connectivity index (χ2v) is 8.15. The molecule has 2 unspecified atom stereocenters. The summed E-state index contributed by atoms with van der Waals surface area (Å²) in [5, 5.41) is 3.00. The smallest absolute Gasteiger partial charge is 0.220 e. The SMILES string of the molecule is CC(C)CCC(CC(=O)NCc1ccco1)C1CCOC(C)(C)C1. The van der Waals surface area contributed by atoms with Crippen molar-refractivity contribution in [2.24, 2.45) is 17.8 Å². The number of nitrogens with one attached hydrogen (secondary N) is 1. The topological polar surface area (TPSA) is 51.5 Å². The predicted molar refractivity (Wildman–Crippen MR) is 95.5 cm³/mol. The summed E-state index contributed by atoms with van der Waals surface area (Å²) >= 11 is 0. The molecular formula is C20H33NO3. The van der Waals surface area contributed by atoms with Crippen molar-refractivity contribution in [3.8, 4) is 0 Å². The molecule has 1 amide bonds. The summed E-state index contributed by atoms with van der Waals surface area (Å²) in [4.78, 5) is 12.4. The summed E-state index contributed by atoms with van der Waals surface area (Å²) < 4.78 is 11.1. The molecule has 0 spiro atoms. The van der Waals surface area contributed by atoms with Crippen LogP contribution in [0.3, 0.4) is 0 Å². The molecule has 0 aliphatic carbocycles. The molecule has 24 heavy (non-hydrogen) atoms. The molecule has 0 aromatic carbocycles. The zero-order valence-corrected chi connectivity index (χ0v) is 15.6. The van der Waals surface area contributed by atoms with Crippen molar-refractivity contribution in [3.05, 3.63) is 24.2 Å². The van der Waals surface area contributed by atoms with Gasteiger partial charge in [-0.1, -0.05) is 20.3 Å². The molecule has 136 valence electrons. The predicted octanol–water partition coefficient (Wildman–Crippen LogP) is 4.54. The maximum atomic E-state index is 12.4. The molecule has 1 aliphatic rings. The fraction of sp³-hybridized carbons (Fsp3) is 0.750. The lowest BCUT2D eigenvalue weighted by atomic mass is 9.75. The molecular weight excluding hydrogens is 302 g/mol. The molecule has 2 heterocycles. The highest BCUT2D eigenvalue weighted by atomic mass is 16.5. The van der Waals surface area contributed by atoms with Gasteiger partial charge >= 0.3 is 0 Å². The Morgan fingerprint density at radius 2 is 2.17 bits per heavy atom. The number of carbonyl (C=O) groups is 1. The van der Waals surface area contributed by atoms with Crippen LogP contribution in [-0.2, 0) is 16.1 Å². The van der Waals surface area contributed by atoms with E-state index in [1.807, 2.05) is 12.1 Å². The molecule has 1 saturated heterocycles. The molecule has 1 N–H and O–H groups in total. The van der Waals surface area contributed by atoms with Crippen molar-refractivity contribution >= 4 is 5.91 Å². The Bertz CT molecular complexity index is 493. The van der Waals surface area contributed by atoms with Crippen LogP contribution in [0.15, 0.2) is 22.8 Å². The van der Waals surface area contributed by atoms with Gasteiger partial charge < -0.3 is 14.5 Å². The summed E-state index contributed by atoms with van der Waals surface area (Å²) in [6.07, 6.45) is 6.64. The number of hydrogen-bond acceptors (Lipinski definition) is 3. The van der Waals surface area contributed by atoms with Gasteiger partial charge in [0, 0.05) is 13.0 Å². The van der Waals surface area contributed by atoms with E-state index in [-0.39, 0.29) is 11.5 Å². The van der Waals surface area contributed by atoms with Crippen LogP contribution in [0, 0.1) is 17.8 Å². The molecule has 1 aromatic heterocycles. The first-order valence-electron chi connectivity index (χ1n) is 9.29. The largest absolute Gasteiger partial charge is 0.467 e. The average Bonchev–Trinajstić information content (AvgIpc) is 3.01. The molecule has 1 fully saturated rings. The van der Waals surface area contributed by atoms with E-state index in [1.54, 1.807) is 6.26 Å². The second kappa shape index (κ2) is 8.70. The Balaban J connectivity index is 1.90. The van der Waals surface area contributed by atoms with Gasteiger partial charge in [0.05, 0.1) is 18.4 Å². The van der Waals surface area contributed by atoms with Crippen LogP contribution in [0.5, 0.6) is 0 Å². The molecule has 0 saturated carbocycles. The first kappa shape index (κ1) is 19.0. The minimum atomic E-state index is -0.0658. The maximum Gasteiger partial charge on any atom is 0.220 e. The lowest BCUT2D eigenvalue weighted by Gasteiger charge is -2.39. The van der Waals surface area contributed by atoms with E-state index in [0.717, 1.165) is 31.6 Å². The van der Waals surface area contributed by atoms with Gasteiger partial charge in [-0.15, -0.1) is 0 Å².